The van der Waals surface area contributed by atoms with Crippen LogP contribution in [0.3, 0.4) is 0 Å². The third-order valence-electron chi connectivity index (χ3n) is 4.57. The summed E-state index contributed by atoms with van der Waals surface area (Å²) in [6.07, 6.45) is 1.98. The Balaban J connectivity index is 1.99. The Morgan fingerprint density at radius 2 is 1.61 bits per heavy atom. The van der Waals surface area contributed by atoms with E-state index in [1.165, 1.54) is 0 Å². The highest BCUT2D eigenvalue weighted by atomic mass is 35.5. The molecule has 9 heteroatoms. The molecule has 0 spiro atoms. The molecule has 0 N–H and O–H groups in total. The van der Waals surface area contributed by atoms with Crippen molar-refractivity contribution < 1.29 is 4.42 Å². The van der Waals surface area contributed by atoms with E-state index < -0.39 is 0 Å². The second-order valence-electron chi connectivity index (χ2n) is 7.91. The lowest BCUT2D eigenvalue weighted by molar-refractivity contribution is 0.398. The average Bonchev–Trinajstić information content (AvgIpc) is 3.33. The van der Waals surface area contributed by atoms with Gasteiger partial charge in [0.15, 0.2) is 5.69 Å². The fourth-order valence-corrected chi connectivity index (χ4v) is 4.38. The minimum Gasteiger partial charge on any atom is -0.419 e. The van der Waals surface area contributed by atoms with E-state index in [4.69, 9.17) is 44.3 Å². The molecule has 0 atom stereocenters. The van der Waals surface area contributed by atoms with Crippen molar-refractivity contribution in [1.82, 2.24) is 20.0 Å². The van der Waals surface area contributed by atoms with Crippen LogP contribution in [0.5, 0.6) is 0 Å². The Morgan fingerprint density at radius 1 is 0.935 bits per heavy atom. The molecule has 0 aliphatic carbocycles. The van der Waals surface area contributed by atoms with Crippen molar-refractivity contribution in [3.8, 4) is 28.5 Å². The first-order valence-electron chi connectivity index (χ1n) is 9.42. The molecule has 5 nitrogen and oxygen atoms in total. The van der Waals surface area contributed by atoms with E-state index in [-0.39, 0.29) is 5.41 Å². The monoisotopic (exact) mass is 492 g/mol. The second kappa shape index (κ2) is 8.51. The summed E-state index contributed by atoms with van der Waals surface area (Å²) in [5, 5.41) is 15.0. The van der Waals surface area contributed by atoms with Gasteiger partial charge in [0.2, 0.25) is 5.89 Å². The topological polar surface area (TPSA) is 56.7 Å². The zero-order valence-corrected chi connectivity index (χ0v) is 20.4. The smallest absolute Gasteiger partial charge is 0.269 e. The first-order valence-corrected chi connectivity index (χ1v) is 11.8. The Hall–Kier alpha value is -1.99. The molecule has 0 aliphatic heterocycles. The van der Waals surface area contributed by atoms with Crippen molar-refractivity contribution in [3.05, 3.63) is 63.4 Å². The van der Waals surface area contributed by atoms with Gasteiger partial charge in [0, 0.05) is 21.0 Å². The number of aromatic nitrogens is 4. The number of hydrogen-bond acceptors (Lipinski definition) is 5. The fraction of sp³-hybridized carbons (Fsp3) is 0.227. The zero-order valence-electron chi connectivity index (χ0n) is 17.3. The van der Waals surface area contributed by atoms with Gasteiger partial charge in [-0.1, -0.05) is 67.7 Å². The van der Waals surface area contributed by atoms with Gasteiger partial charge < -0.3 is 4.42 Å². The highest BCUT2D eigenvalue weighted by molar-refractivity contribution is 7.98. The molecule has 0 saturated heterocycles. The standard InChI is InChI=1S/C22H19Cl3N4OS/c1-22(2,3)21-27-26-20(30-21)17-19(31-4)18(12-5-7-13(23)8-6-12)29(28-17)16-10-9-14(24)11-15(16)25/h5-11H,1-4H3. The molecular weight excluding hydrogens is 475 g/mol. The minimum absolute atomic E-state index is 0.272. The molecule has 0 saturated carbocycles. The molecule has 2 aromatic carbocycles. The third-order valence-corrected chi connectivity index (χ3v) is 6.16. The summed E-state index contributed by atoms with van der Waals surface area (Å²) in [5.74, 6) is 0.898. The van der Waals surface area contributed by atoms with Gasteiger partial charge in [-0.05, 0) is 36.6 Å². The number of halogens is 3. The largest absolute Gasteiger partial charge is 0.419 e. The molecule has 4 rings (SSSR count). The summed E-state index contributed by atoms with van der Waals surface area (Å²) in [7, 11) is 0. The molecule has 0 radical (unpaired) electrons. The summed E-state index contributed by atoms with van der Waals surface area (Å²) < 4.78 is 7.78. The SMILES string of the molecule is CSc1c(-c2nnc(C(C)(C)C)o2)nn(-c2ccc(Cl)cc2Cl)c1-c1ccc(Cl)cc1. The van der Waals surface area contributed by atoms with Gasteiger partial charge in [0.1, 0.15) is 0 Å². The van der Waals surface area contributed by atoms with Gasteiger partial charge in [-0.3, -0.25) is 0 Å². The van der Waals surface area contributed by atoms with Crippen LogP contribution in [0.15, 0.2) is 51.8 Å². The van der Waals surface area contributed by atoms with Gasteiger partial charge in [0.25, 0.3) is 5.89 Å². The van der Waals surface area contributed by atoms with Crippen molar-refractivity contribution in [2.45, 2.75) is 31.1 Å². The van der Waals surface area contributed by atoms with Crippen LogP contribution in [-0.4, -0.2) is 26.2 Å². The van der Waals surface area contributed by atoms with Crippen LogP contribution < -0.4 is 0 Å². The zero-order chi connectivity index (χ0) is 22.3. The lowest BCUT2D eigenvalue weighted by Gasteiger charge is -2.11. The van der Waals surface area contributed by atoms with Crippen molar-refractivity contribution in [1.29, 1.82) is 0 Å². The predicted octanol–water partition coefficient (Wildman–Crippen LogP) is 7.57. The summed E-state index contributed by atoms with van der Waals surface area (Å²) >= 11 is 20.3. The molecule has 0 aliphatic rings. The van der Waals surface area contributed by atoms with Gasteiger partial charge in [-0.2, -0.15) is 5.10 Å². The molecule has 2 heterocycles. The third kappa shape index (κ3) is 4.35. The van der Waals surface area contributed by atoms with Gasteiger partial charge in [-0.25, -0.2) is 4.68 Å². The maximum absolute atomic E-state index is 6.54. The quantitative estimate of drug-likeness (QED) is 0.274. The van der Waals surface area contributed by atoms with E-state index >= 15 is 0 Å². The van der Waals surface area contributed by atoms with E-state index in [1.54, 1.807) is 28.6 Å². The lowest BCUT2D eigenvalue weighted by Crippen LogP contribution is -2.11. The molecule has 0 unspecified atom stereocenters. The van der Waals surface area contributed by atoms with Crippen LogP contribution in [0.2, 0.25) is 15.1 Å². The normalized spacial score (nSPS) is 11.8. The Labute approximate surface area is 199 Å². The second-order valence-corrected chi connectivity index (χ2v) is 10.0. The van der Waals surface area contributed by atoms with Gasteiger partial charge >= 0.3 is 0 Å². The number of rotatable bonds is 4. The van der Waals surface area contributed by atoms with E-state index in [1.807, 2.05) is 57.4 Å². The Bertz CT molecular complexity index is 1240. The molecule has 160 valence electrons. The molecule has 4 aromatic rings. The van der Waals surface area contributed by atoms with Crippen molar-refractivity contribution in [2.75, 3.05) is 6.26 Å². The van der Waals surface area contributed by atoms with Crippen LogP contribution in [0.1, 0.15) is 26.7 Å². The Morgan fingerprint density at radius 3 is 2.19 bits per heavy atom. The lowest BCUT2D eigenvalue weighted by atomic mass is 9.97. The van der Waals surface area contributed by atoms with Gasteiger partial charge in [0.05, 0.1) is 21.3 Å². The number of hydrogen-bond donors (Lipinski definition) is 0. The molecule has 2 aromatic heterocycles. The highest BCUT2D eigenvalue weighted by Crippen LogP contribution is 2.41. The van der Waals surface area contributed by atoms with Crippen molar-refractivity contribution in [3.63, 3.8) is 0 Å². The summed E-state index contributed by atoms with van der Waals surface area (Å²) in [5.41, 5.74) is 2.78. The van der Waals surface area contributed by atoms with Crippen LogP contribution >= 0.6 is 46.6 Å². The van der Waals surface area contributed by atoms with Crippen LogP contribution in [-0.2, 0) is 5.41 Å². The van der Waals surface area contributed by atoms with E-state index in [9.17, 15) is 0 Å². The van der Waals surface area contributed by atoms with E-state index in [0.717, 1.165) is 16.2 Å². The number of benzene rings is 2. The summed E-state index contributed by atoms with van der Waals surface area (Å²) in [6.45, 7) is 6.06. The highest BCUT2D eigenvalue weighted by Gasteiger charge is 2.28. The van der Waals surface area contributed by atoms with Crippen molar-refractivity contribution in [2.24, 2.45) is 0 Å². The van der Waals surface area contributed by atoms with E-state index in [0.29, 0.717) is 38.2 Å². The number of nitrogens with zero attached hydrogens (tertiary/aromatic N) is 4. The fourth-order valence-electron chi connectivity index (χ4n) is 3.05. The van der Waals surface area contributed by atoms with Crippen LogP contribution in [0.4, 0.5) is 0 Å². The molecule has 31 heavy (non-hydrogen) atoms. The van der Waals surface area contributed by atoms with E-state index in [2.05, 4.69) is 10.2 Å². The predicted molar refractivity (Wildman–Crippen MR) is 128 cm³/mol. The molecular formula is C22H19Cl3N4OS. The maximum atomic E-state index is 6.54. The summed E-state index contributed by atoms with van der Waals surface area (Å²) in [4.78, 5) is 0.887. The minimum atomic E-state index is -0.272. The van der Waals surface area contributed by atoms with Crippen LogP contribution in [0.25, 0.3) is 28.5 Å². The van der Waals surface area contributed by atoms with Gasteiger partial charge in [-0.15, -0.1) is 22.0 Å². The van der Waals surface area contributed by atoms with Crippen LogP contribution in [0, 0.1) is 0 Å². The number of thioether (sulfide) groups is 1. The first kappa shape index (κ1) is 22.2. The maximum Gasteiger partial charge on any atom is 0.269 e. The molecule has 0 fully saturated rings. The van der Waals surface area contributed by atoms with Crippen molar-refractivity contribution >= 4 is 46.6 Å². The summed E-state index contributed by atoms with van der Waals surface area (Å²) in [6, 6.07) is 12.9. The molecule has 0 bridgehead atoms. The average molecular weight is 494 g/mol. The first-order chi connectivity index (χ1) is 14.7. The Kier molecular flexibility index (Phi) is 6.10. The molecule has 0 amide bonds.